The molecular weight excluding hydrogens is 217 g/mol. The molecule has 2 unspecified atom stereocenters. The standard InChI is InChI=1S/C11H15F3N2/c12-11(13,14)9-5-1-2-6-10(9)15-16-7-3-4-8-16/h3-4,7-10,15H,1-2,5-6H2. The summed E-state index contributed by atoms with van der Waals surface area (Å²) >= 11 is 0. The molecule has 0 radical (unpaired) electrons. The van der Waals surface area contributed by atoms with Crippen molar-refractivity contribution in [3.8, 4) is 0 Å². The summed E-state index contributed by atoms with van der Waals surface area (Å²) in [5, 5.41) is 0. The van der Waals surface area contributed by atoms with E-state index in [1.165, 1.54) is 0 Å². The Labute approximate surface area is 92.4 Å². The molecule has 0 bridgehead atoms. The lowest BCUT2D eigenvalue weighted by Gasteiger charge is -2.34. The minimum Gasteiger partial charge on any atom is -0.323 e. The lowest BCUT2D eigenvalue weighted by molar-refractivity contribution is -0.185. The predicted molar refractivity (Wildman–Crippen MR) is 55.6 cm³/mol. The lowest BCUT2D eigenvalue weighted by atomic mass is 9.84. The molecule has 0 saturated heterocycles. The topological polar surface area (TPSA) is 17.0 Å². The second kappa shape index (κ2) is 4.39. The van der Waals surface area contributed by atoms with Gasteiger partial charge in [0.2, 0.25) is 0 Å². The summed E-state index contributed by atoms with van der Waals surface area (Å²) in [5.74, 6) is -1.22. The van der Waals surface area contributed by atoms with Crippen LogP contribution in [0.1, 0.15) is 25.7 Å². The van der Waals surface area contributed by atoms with Gasteiger partial charge < -0.3 is 5.43 Å². The fraction of sp³-hybridized carbons (Fsp3) is 0.636. The van der Waals surface area contributed by atoms with Crippen LogP contribution < -0.4 is 5.43 Å². The first-order valence-electron chi connectivity index (χ1n) is 5.53. The van der Waals surface area contributed by atoms with E-state index in [9.17, 15) is 13.2 Å². The third-order valence-electron chi connectivity index (χ3n) is 3.11. The maximum atomic E-state index is 12.8. The number of alkyl halides is 3. The molecule has 1 aromatic rings. The van der Waals surface area contributed by atoms with Crippen molar-refractivity contribution in [3.05, 3.63) is 24.5 Å². The average molecular weight is 232 g/mol. The van der Waals surface area contributed by atoms with Crippen molar-refractivity contribution in [1.82, 2.24) is 4.68 Å². The Kier molecular flexibility index (Phi) is 3.12. The van der Waals surface area contributed by atoms with Crippen LogP contribution in [0.5, 0.6) is 0 Å². The van der Waals surface area contributed by atoms with Crippen LogP contribution in [-0.2, 0) is 0 Å². The van der Waals surface area contributed by atoms with Crippen LogP contribution in [-0.4, -0.2) is 16.9 Å². The lowest BCUT2D eigenvalue weighted by Crippen LogP contribution is -2.43. The Morgan fingerprint density at radius 3 is 2.31 bits per heavy atom. The number of aromatic nitrogens is 1. The number of hydrogen-bond acceptors (Lipinski definition) is 1. The van der Waals surface area contributed by atoms with Crippen LogP contribution in [0.15, 0.2) is 24.5 Å². The van der Waals surface area contributed by atoms with Crippen molar-refractivity contribution in [1.29, 1.82) is 0 Å². The van der Waals surface area contributed by atoms with E-state index in [2.05, 4.69) is 5.43 Å². The second-order valence-corrected chi connectivity index (χ2v) is 4.26. The molecule has 16 heavy (non-hydrogen) atoms. The monoisotopic (exact) mass is 232 g/mol. The van der Waals surface area contributed by atoms with Crippen molar-refractivity contribution in [2.45, 2.75) is 37.9 Å². The highest BCUT2D eigenvalue weighted by molar-refractivity contribution is 4.99. The van der Waals surface area contributed by atoms with Crippen LogP contribution in [0.25, 0.3) is 0 Å². The Hall–Kier alpha value is -1.13. The summed E-state index contributed by atoms with van der Waals surface area (Å²) in [5.41, 5.74) is 2.91. The van der Waals surface area contributed by atoms with Crippen molar-refractivity contribution >= 4 is 0 Å². The van der Waals surface area contributed by atoms with E-state index in [1.807, 2.05) is 0 Å². The van der Waals surface area contributed by atoms with E-state index in [-0.39, 0.29) is 6.42 Å². The third kappa shape index (κ3) is 2.51. The summed E-state index contributed by atoms with van der Waals surface area (Å²) in [7, 11) is 0. The maximum Gasteiger partial charge on any atom is 0.393 e. The van der Waals surface area contributed by atoms with Gasteiger partial charge in [-0.15, -0.1) is 0 Å². The molecule has 5 heteroatoms. The van der Waals surface area contributed by atoms with Gasteiger partial charge in [-0.25, -0.2) is 0 Å². The van der Waals surface area contributed by atoms with Gasteiger partial charge in [0.15, 0.2) is 0 Å². The van der Waals surface area contributed by atoms with Gasteiger partial charge in [0.1, 0.15) is 0 Å². The molecule has 1 fully saturated rings. The van der Waals surface area contributed by atoms with Crippen LogP contribution in [0.4, 0.5) is 13.2 Å². The molecule has 0 aliphatic heterocycles. The Balaban J connectivity index is 2.05. The van der Waals surface area contributed by atoms with Gasteiger partial charge >= 0.3 is 6.18 Å². The molecule has 0 spiro atoms. The van der Waals surface area contributed by atoms with Crippen LogP contribution in [0.3, 0.4) is 0 Å². The Morgan fingerprint density at radius 1 is 1.06 bits per heavy atom. The average Bonchev–Trinajstić information content (AvgIpc) is 2.70. The van der Waals surface area contributed by atoms with Crippen molar-refractivity contribution in [2.75, 3.05) is 5.43 Å². The minimum absolute atomic E-state index is 0.239. The smallest absolute Gasteiger partial charge is 0.323 e. The minimum atomic E-state index is -4.09. The zero-order valence-corrected chi connectivity index (χ0v) is 8.87. The van der Waals surface area contributed by atoms with E-state index in [1.54, 1.807) is 29.2 Å². The molecule has 2 rings (SSSR count). The van der Waals surface area contributed by atoms with Gasteiger partial charge in [-0.1, -0.05) is 12.8 Å². The first-order chi connectivity index (χ1) is 7.57. The normalized spacial score (nSPS) is 26.7. The van der Waals surface area contributed by atoms with Gasteiger partial charge in [0.05, 0.1) is 12.0 Å². The van der Waals surface area contributed by atoms with Crippen LogP contribution >= 0.6 is 0 Å². The molecule has 1 aromatic heterocycles. The van der Waals surface area contributed by atoms with E-state index in [0.717, 1.165) is 6.42 Å². The first-order valence-corrected chi connectivity index (χ1v) is 5.53. The van der Waals surface area contributed by atoms with Crippen molar-refractivity contribution in [2.24, 2.45) is 5.92 Å². The molecule has 2 atom stereocenters. The number of nitrogens with one attached hydrogen (secondary N) is 1. The van der Waals surface area contributed by atoms with E-state index < -0.39 is 18.1 Å². The molecule has 0 amide bonds. The summed E-state index contributed by atoms with van der Waals surface area (Å²) in [4.78, 5) is 0. The molecule has 0 aromatic carbocycles. The first kappa shape index (κ1) is 11.4. The molecule has 1 aliphatic rings. The SMILES string of the molecule is FC(F)(F)C1CCCCC1Nn1cccc1. The van der Waals surface area contributed by atoms with E-state index in [0.29, 0.717) is 12.8 Å². The van der Waals surface area contributed by atoms with Gasteiger partial charge in [-0.05, 0) is 25.0 Å². The highest BCUT2D eigenvalue weighted by atomic mass is 19.4. The van der Waals surface area contributed by atoms with Gasteiger partial charge in [-0.3, -0.25) is 4.68 Å². The van der Waals surface area contributed by atoms with Gasteiger partial charge in [0, 0.05) is 12.4 Å². The summed E-state index contributed by atoms with van der Waals surface area (Å²) < 4.78 is 39.9. The Bertz CT molecular complexity index is 318. The van der Waals surface area contributed by atoms with Crippen LogP contribution in [0, 0.1) is 5.92 Å². The summed E-state index contributed by atoms with van der Waals surface area (Å²) in [6, 6.07) is 3.08. The molecule has 1 aliphatic carbocycles. The van der Waals surface area contributed by atoms with Crippen molar-refractivity contribution in [3.63, 3.8) is 0 Å². The number of nitrogens with zero attached hydrogens (tertiary/aromatic N) is 1. The molecular formula is C11H15F3N2. The molecule has 1 saturated carbocycles. The summed E-state index contributed by atoms with van der Waals surface area (Å²) in [6.07, 6.45) is 1.72. The van der Waals surface area contributed by atoms with Crippen molar-refractivity contribution < 1.29 is 13.2 Å². The highest BCUT2D eigenvalue weighted by Gasteiger charge is 2.45. The summed E-state index contributed by atoms with van der Waals surface area (Å²) in [6.45, 7) is 0. The predicted octanol–water partition coefficient (Wildman–Crippen LogP) is 3.15. The molecule has 1 N–H and O–H groups in total. The van der Waals surface area contributed by atoms with E-state index in [4.69, 9.17) is 0 Å². The zero-order chi connectivity index (χ0) is 11.6. The Morgan fingerprint density at radius 2 is 1.69 bits per heavy atom. The molecule has 90 valence electrons. The number of rotatable bonds is 2. The fourth-order valence-corrected chi connectivity index (χ4v) is 2.29. The molecule has 2 nitrogen and oxygen atoms in total. The molecule has 1 heterocycles. The largest absolute Gasteiger partial charge is 0.393 e. The number of halogens is 3. The van der Waals surface area contributed by atoms with Crippen LogP contribution in [0.2, 0.25) is 0 Å². The quantitative estimate of drug-likeness (QED) is 0.828. The highest BCUT2D eigenvalue weighted by Crippen LogP contribution is 2.38. The third-order valence-corrected chi connectivity index (χ3v) is 3.11. The number of hydrogen-bond donors (Lipinski definition) is 1. The fourth-order valence-electron chi connectivity index (χ4n) is 2.29. The van der Waals surface area contributed by atoms with E-state index >= 15 is 0 Å². The maximum absolute atomic E-state index is 12.8. The zero-order valence-electron chi connectivity index (χ0n) is 8.87. The van der Waals surface area contributed by atoms with Gasteiger partial charge in [0.25, 0.3) is 0 Å². The van der Waals surface area contributed by atoms with Gasteiger partial charge in [-0.2, -0.15) is 13.2 Å². The second-order valence-electron chi connectivity index (χ2n) is 4.26.